The lowest BCUT2D eigenvalue weighted by molar-refractivity contribution is 0.817. The van der Waals surface area contributed by atoms with Crippen molar-refractivity contribution in [3.05, 3.63) is 156 Å². The molecule has 0 amide bonds. The van der Waals surface area contributed by atoms with Crippen molar-refractivity contribution >= 4 is 123 Å². The molecule has 0 N–H and O–H groups in total. The van der Waals surface area contributed by atoms with E-state index in [9.17, 15) is 0 Å². The lowest BCUT2D eigenvalue weighted by Crippen LogP contribution is -2.26. The van der Waals surface area contributed by atoms with Crippen molar-refractivity contribution in [2.24, 2.45) is 0 Å². The van der Waals surface area contributed by atoms with Gasteiger partial charge in [0.2, 0.25) is 0 Å². The normalized spacial score (nSPS) is 14.9. The van der Waals surface area contributed by atoms with Gasteiger partial charge in [-0.15, -0.1) is 113 Å². The van der Waals surface area contributed by atoms with E-state index in [2.05, 4.69) is 149 Å². The number of hydrogen-bond donors (Lipinski definition) is 0. The standard InChI is InChI=1S/C46H32S10/c1-21-7-13-29(47-21)31-19-27-39(53-31)41-37(45(27,33-15-9-23(3)49-33)34-16-10-24(4)50-34)43-44(55-41)38-42(56-43)40-28(20-32(54-40)30-14-8-22(2)48-30)46(38,35-17-11-25(5)51-35)36-18-12-26(6)52-36/h7-20H,1-6H3. The maximum atomic E-state index is 2.58. The summed E-state index contributed by atoms with van der Waals surface area (Å²) in [6.07, 6.45) is 0. The molecule has 0 spiro atoms. The second kappa shape index (κ2) is 12.4. The Hall–Kier alpha value is -2.74. The molecule has 2 aliphatic rings. The largest absolute Gasteiger partial charge is 0.144 e. The topological polar surface area (TPSA) is 0 Å². The molecule has 0 saturated carbocycles. The van der Waals surface area contributed by atoms with Gasteiger partial charge in [-0.2, -0.15) is 0 Å². The highest BCUT2D eigenvalue weighted by Crippen LogP contribution is 2.72. The number of aryl methyl sites for hydroxylation is 6. The van der Waals surface area contributed by atoms with Gasteiger partial charge in [0.1, 0.15) is 0 Å². The lowest BCUT2D eigenvalue weighted by atomic mass is 9.75. The van der Waals surface area contributed by atoms with E-state index in [4.69, 9.17) is 0 Å². The molecule has 0 unspecified atom stereocenters. The smallest absolute Gasteiger partial charge is 0.0930 e. The van der Waals surface area contributed by atoms with Crippen LogP contribution in [0, 0.1) is 41.5 Å². The van der Waals surface area contributed by atoms with Gasteiger partial charge in [0, 0.05) is 79.4 Å². The number of rotatable bonds is 6. The molecule has 10 heteroatoms. The van der Waals surface area contributed by atoms with E-state index in [0.29, 0.717) is 0 Å². The van der Waals surface area contributed by atoms with E-state index in [1.54, 1.807) is 0 Å². The van der Waals surface area contributed by atoms with Crippen LogP contribution in [0.3, 0.4) is 0 Å². The summed E-state index contributed by atoms with van der Waals surface area (Å²) in [4.78, 5) is 25.4. The van der Waals surface area contributed by atoms with Gasteiger partial charge in [-0.3, -0.25) is 0 Å². The minimum Gasteiger partial charge on any atom is -0.144 e. The highest BCUT2D eigenvalue weighted by atomic mass is 32.1. The van der Waals surface area contributed by atoms with Crippen LogP contribution in [-0.4, -0.2) is 0 Å². The minimum absolute atomic E-state index is 0.361. The molecular weight excluding hydrogens is 873 g/mol. The van der Waals surface area contributed by atoms with Crippen molar-refractivity contribution in [2.45, 2.75) is 52.4 Å². The maximum absolute atomic E-state index is 2.58. The van der Waals surface area contributed by atoms with E-state index in [1.165, 1.54) is 119 Å². The monoisotopic (exact) mass is 904 g/mol. The zero-order chi connectivity index (χ0) is 37.8. The zero-order valence-electron chi connectivity index (χ0n) is 31.2. The summed E-state index contributed by atoms with van der Waals surface area (Å²) in [6.45, 7) is 13.6. The van der Waals surface area contributed by atoms with Gasteiger partial charge in [-0.25, -0.2) is 0 Å². The van der Waals surface area contributed by atoms with Crippen molar-refractivity contribution in [1.82, 2.24) is 0 Å². The van der Waals surface area contributed by atoms with Crippen LogP contribution in [0.15, 0.2) is 84.9 Å². The molecule has 10 aromatic rings. The molecule has 0 atom stereocenters. The van der Waals surface area contributed by atoms with Crippen LogP contribution in [0.25, 0.3) is 48.4 Å². The molecule has 0 saturated heterocycles. The van der Waals surface area contributed by atoms with Crippen molar-refractivity contribution in [3.63, 3.8) is 0 Å². The molecule has 10 aromatic heterocycles. The van der Waals surface area contributed by atoms with Crippen LogP contribution in [0.5, 0.6) is 0 Å². The molecule has 0 aliphatic heterocycles. The summed E-state index contributed by atoms with van der Waals surface area (Å²) in [5, 5.41) is 0. The van der Waals surface area contributed by atoms with Crippen molar-refractivity contribution in [1.29, 1.82) is 0 Å². The maximum Gasteiger partial charge on any atom is 0.0930 e. The molecule has 12 rings (SSSR count). The second-order valence-corrected chi connectivity index (χ2v) is 26.8. The van der Waals surface area contributed by atoms with Crippen LogP contribution in [0.2, 0.25) is 0 Å². The summed E-state index contributed by atoms with van der Waals surface area (Å²) in [5.74, 6) is 0. The summed E-state index contributed by atoms with van der Waals surface area (Å²) < 4.78 is 2.98. The van der Waals surface area contributed by atoms with E-state index >= 15 is 0 Å². The number of hydrogen-bond acceptors (Lipinski definition) is 10. The first-order valence-corrected chi connectivity index (χ1v) is 26.6. The molecule has 276 valence electrons. The van der Waals surface area contributed by atoms with Crippen LogP contribution < -0.4 is 0 Å². The molecular formula is C46H32S10. The predicted octanol–water partition coefficient (Wildman–Crippen LogP) is 17.4. The zero-order valence-corrected chi connectivity index (χ0v) is 39.3. The second-order valence-electron chi connectivity index (χ2n) is 14.9. The van der Waals surface area contributed by atoms with E-state index in [1.807, 2.05) is 90.7 Å². The molecule has 2 aliphatic carbocycles. The van der Waals surface area contributed by atoms with Gasteiger partial charge < -0.3 is 0 Å². The fourth-order valence-corrected chi connectivity index (χ4v) is 21.3. The van der Waals surface area contributed by atoms with Gasteiger partial charge in [0.25, 0.3) is 0 Å². The summed E-state index contributed by atoms with van der Waals surface area (Å²) >= 11 is 20.0. The predicted molar refractivity (Wildman–Crippen MR) is 257 cm³/mol. The fourth-order valence-electron chi connectivity index (χ4n) is 9.07. The Morgan fingerprint density at radius 3 is 0.911 bits per heavy atom. The molecule has 0 bridgehead atoms. The van der Waals surface area contributed by atoms with E-state index in [0.717, 1.165) is 0 Å². The third-order valence-corrected chi connectivity index (χ3v) is 23.4. The molecule has 10 heterocycles. The SMILES string of the molecule is Cc1ccc(-c2cc3c(s2)-c2sc4c5c(sc4c2C3(c2ccc(C)s2)c2ccc(C)s2)-c2sc(-c3ccc(C)s3)cc2C5(c2ccc(C)s2)c2ccc(C)s2)s1. The molecule has 0 nitrogen and oxygen atoms in total. The first kappa shape index (κ1) is 35.2. The fraction of sp³-hybridized carbons (Fsp3) is 0.174. The lowest BCUT2D eigenvalue weighted by Gasteiger charge is -2.30. The van der Waals surface area contributed by atoms with Crippen molar-refractivity contribution < 1.29 is 0 Å². The number of thiophene rings is 10. The molecule has 56 heavy (non-hydrogen) atoms. The van der Waals surface area contributed by atoms with E-state index < -0.39 is 0 Å². The average Bonchev–Trinajstić information content (AvgIpc) is 3.99. The van der Waals surface area contributed by atoms with Crippen LogP contribution in [0.4, 0.5) is 0 Å². The first-order valence-electron chi connectivity index (χ1n) is 18.5. The third-order valence-electron chi connectivity index (χ3n) is 11.4. The third kappa shape index (κ3) is 4.63. The Labute approximate surface area is 366 Å². The Morgan fingerprint density at radius 2 is 0.625 bits per heavy atom. The Morgan fingerprint density at radius 1 is 0.304 bits per heavy atom. The highest BCUT2D eigenvalue weighted by molar-refractivity contribution is 7.35. The van der Waals surface area contributed by atoms with Gasteiger partial charge >= 0.3 is 0 Å². The highest BCUT2D eigenvalue weighted by Gasteiger charge is 2.56. The van der Waals surface area contributed by atoms with Crippen molar-refractivity contribution in [2.75, 3.05) is 0 Å². The summed E-state index contributed by atoms with van der Waals surface area (Å²) in [7, 11) is 0. The van der Waals surface area contributed by atoms with Crippen LogP contribution in [0.1, 0.15) is 71.0 Å². The van der Waals surface area contributed by atoms with Crippen LogP contribution >= 0.6 is 113 Å². The average molecular weight is 905 g/mol. The molecule has 0 radical (unpaired) electrons. The van der Waals surface area contributed by atoms with Gasteiger partial charge in [0.05, 0.1) is 39.7 Å². The minimum atomic E-state index is -0.361. The Balaban J connectivity index is 1.23. The quantitative estimate of drug-likeness (QED) is 0.156. The van der Waals surface area contributed by atoms with Gasteiger partial charge in [0.15, 0.2) is 0 Å². The summed E-state index contributed by atoms with van der Waals surface area (Å²) in [6, 6.07) is 33.6. The first-order chi connectivity index (χ1) is 27.1. The van der Waals surface area contributed by atoms with Gasteiger partial charge in [-0.05, 0) is 138 Å². The molecule has 0 aromatic carbocycles. The Bertz CT molecular complexity index is 2890. The van der Waals surface area contributed by atoms with Crippen LogP contribution in [-0.2, 0) is 10.8 Å². The Kier molecular flexibility index (Phi) is 7.80. The van der Waals surface area contributed by atoms with E-state index in [-0.39, 0.29) is 10.8 Å². The van der Waals surface area contributed by atoms with Gasteiger partial charge in [-0.1, -0.05) is 0 Å². The summed E-state index contributed by atoms with van der Waals surface area (Å²) in [5.41, 5.74) is 5.29. The number of fused-ring (bicyclic) bond motifs is 9. The molecule has 0 fully saturated rings. The van der Waals surface area contributed by atoms with Crippen molar-refractivity contribution in [3.8, 4) is 39.0 Å².